The summed E-state index contributed by atoms with van der Waals surface area (Å²) in [6, 6.07) is 15.3. The van der Waals surface area contributed by atoms with Crippen LogP contribution in [0.2, 0.25) is 0 Å². The Morgan fingerprint density at radius 2 is 2.03 bits per heavy atom. The molecule has 7 heteroatoms. The van der Waals surface area contributed by atoms with Gasteiger partial charge in [-0.1, -0.05) is 30.3 Å². The van der Waals surface area contributed by atoms with Gasteiger partial charge < -0.3 is 20.0 Å². The van der Waals surface area contributed by atoms with Crippen molar-refractivity contribution in [3.63, 3.8) is 0 Å². The molecule has 1 saturated heterocycles. The van der Waals surface area contributed by atoms with Crippen LogP contribution in [0.4, 0.5) is 0 Å². The Hall–Kier alpha value is -2.80. The first-order valence-electron chi connectivity index (χ1n) is 11.1. The monoisotopic (exact) mass is 425 g/mol. The maximum absolute atomic E-state index is 12.0. The minimum atomic E-state index is -0.0156. The van der Waals surface area contributed by atoms with Crippen molar-refractivity contribution in [1.29, 1.82) is 0 Å². The Kier molecular flexibility index (Phi) is 8.53. The van der Waals surface area contributed by atoms with Crippen molar-refractivity contribution in [1.82, 2.24) is 20.4 Å². The van der Waals surface area contributed by atoms with Crippen LogP contribution in [0, 0.1) is 0 Å². The molecule has 0 saturated carbocycles. The van der Waals surface area contributed by atoms with E-state index in [0.29, 0.717) is 24.6 Å². The highest BCUT2D eigenvalue weighted by atomic mass is 16.3. The first kappa shape index (κ1) is 22.9. The summed E-state index contributed by atoms with van der Waals surface area (Å²) < 4.78 is 5.40. The highest BCUT2D eigenvalue weighted by molar-refractivity contribution is 5.84. The van der Waals surface area contributed by atoms with Gasteiger partial charge in [0.05, 0.1) is 6.26 Å². The summed E-state index contributed by atoms with van der Waals surface area (Å²) in [6.07, 6.45) is 4.52. The van der Waals surface area contributed by atoms with Crippen LogP contribution >= 0.6 is 0 Å². The standard InChI is InChI=1S/C24H35N5O2/c1-19-16-21(12-14-29(19)18-20-8-5-4-6-9-20)27-24(26-17-23(30)28(2)3)25-13-11-22-10-7-15-31-22/h4-10,15,19,21H,11-14,16-18H2,1-3H3,(H2,25,26,27). The summed E-state index contributed by atoms with van der Waals surface area (Å²) >= 11 is 0. The quantitative estimate of drug-likeness (QED) is 0.502. The number of carbonyl (C=O) groups excluding carboxylic acids is 1. The molecule has 0 spiro atoms. The maximum Gasteiger partial charge on any atom is 0.243 e. The lowest BCUT2D eigenvalue weighted by molar-refractivity contribution is -0.127. The fourth-order valence-corrected chi connectivity index (χ4v) is 3.80. The number of guanidine groups is 1. The molecular formula is C24H35N5O2. The third-order valence-electron chi connectivity index (χ3n) is 5.70. The van der Waals surface area contributed by atoms with Crippen molar-refractivity contribution in [2.45, 2.75) is 44.8 Å². The number of furan rings is 1. The fraction of sp³-hybridized carbons (Fsp3) is 0.500. The van der Waals surface area contributed by atoms with E-state index in [0.717, 1.165) is 38.1 Å². The Morgan fingerprint density at radius 1 is 1.23 bits per heavy atom. The molecule has 2 atom stereocenters. The molecule has 1 aromatic heterocycles. The molecule has 2 aromatic rings. The van der Waals surface area contributed by atoms with Crippen LogP contribution in [0.1, 0.15) is 31.1 Å². The van der Waals surface area contributed by atoms with E-state index < -0.39 is 0 Å². The van der Waals surface area contributed by atoms with Crippen LogP contribution < -0.4 is 10.6 Å². The predicted octanol–water partition coefficient (Wildman–Crippen LogP) is 2.50. The number of rotatable bonds is 8. The number of benzene rings is 1. The van der Waals surface area contributed by atoms with Crippen molar-refractivity contribution >= 4 is 11.9 Å². The number of carbonyl (C=O) groups is 1. The van der Waals surface area contributed by atoms with E-state index in [1.54, 1.807) is 25.3 Å². The maximum atomic E-state index is 12.0. The number of likely N-dealkylation sites (N-methyl/N-ethyl adjacent to an activating group) is 1. The van der Waals surface area contributed by atoms with Gasteiger partial charge >= 0.3 is 0 Å². The number of aliphatic imine (C=N–C) groups is 1. The van der Waals surface area contributed by atoms with Gasteiger partial charge in [0, 0.05) is 52.2 Å². The van der Waals surface area contributed by atoms with Crippen molar-refractivity contribution in [2.75, 3.05) is 33.7 Å². The largest absolute Gasteiger partial charge is 0.469 e. The summed E-state index contributed by atoms with van der Waals surface area (Å²) in [5.74, 6) is 1.60. The molecule has 1 amide bonds. The third-order valence-corrected chi connectivity index (χ3v) is 5.70. The van der Waals surface area contributed by atoms with E-state index >= 15 is 0 Å². The molecule has 7 nitrogen and oxygen atoms in total. The number of amides is 1. The minimum Gasteiger partial charge on any atom is -0.469 e. The molecule has 1 fully saturated rings. The van der Waals surface area contributed by atoms with E-state index in [-0.39, 0.29) is 12.5 Å². The van der Waals surface area contributed by atoms with E-state index in [1.807, 2.05) is 12.1 Å². The second-order valence-corrected chi connectivity index (χ2v) is 8.38. The van der Waals surface area contributed by atoms with Crippen LogP contribution in [0.15, 0.2) is 58.1 Å². The zero-order chi connectivity index (χ0) is 22.1. The first-order chi connectivity index (χ1) is 15.0. The molecule has 0 bridgehead atoms. The lowest BCUT2D eigenvalue weighted by atomic mass is 9.97. The summed E-state index contributed by atoms with van der Waals surface area (Å²) in [5.41, 5.74) is 1.35. The molecule has 2 unspecified atom stereocenters. The van der Waals surface area contributed by atoms with Crippen molar-refractivity contribution in [3.8, 4) is 0 Å². The van der Waals surface area contributed by atoms with Gasteiger partial charge in [-0.15, -0.1) is 0 Å². The summed E-state index contributed by atoms with van der Waals surface area (Å²) in [4.78, 5) is 20.6. The van der Waals surface area contributed by atoms with E-state index in [9.17, 15) is 4.79 Å². The van der Waals surface area contributed by atoms with Gasteiger partial charge in [-0.25, -0.2) is 4.99 Å². The third kappa shape index (κ3) is 7.43. The van der Waals surface area contributed by atoms with Gasteiger partial charge in [0.2, 0.25) is 5.91 Å². The molecule has 2 N–H and O–H groups in total. The number of piperidine rings is 1. The first-order valence-corrected chi connectivity index (χ1v) is 11.1. The van der Waals surface area contributed by atoms with Crippen molar-refractivity contribution in [3.05, 3.63) is 60.1 Å². The number of nitrogens with one attached hydrogen (secondary N) is 2. The molecule has 1 aliphatic heterocycles. The van der Waals surface area contributed by atoms with Crippen LogP contribution in [-0.2, 0) is 17.8 Å². The van der Waals surface area contributed by atoms with Crippen LogP contribution in [0.3, 0.4) is 0 Å². The second kappa shape index (κ2) is 11.6. The second-order valence-electron chi connectivity index (χ2n) is 8.38. The molecule has 0 radical (unpaired) electrons. The summed E-state index contributed by atoms with van der Waals surface area (Å²) in [6.45, 7) is 5.12. The molecule has 2 heterocycles. The Morgan fingerprint density at radius 3 is 2.71 bits per heavy atom. The van der Waals surface area contributed by atoms with Gasteiger partial charge in [0.25, 0.3) is 0 Å². The molecule has 1 aliphatic rings. The van der Waals surface area contributed by atoms with Gasteiger partial charge in [0.15, 0.2) is 5.96 Å². The molecule has 0 aliphatic carbocycles. The lowest BCUT2D eigenvalue weighted by Crippen LogP contribution is -2.51. The smallest absolute Gasteiger partial charge is 0.243 e. The van der Waals surface area contributed by atoms with E-state index in [1.165, 1.54) is 5.56 Å². The summed E-state index contributed by atoms with van der Waals surface area (Å²) in [7, 11) is 3.50. The lowest BCUT2D eigenvalue weighted by Gasteiger charge is -2.38. The van der Waals surface area contributed by atoms with Gasteiger partial charge in [0.1, 0.15) is 12.3 Å². The fourth-order valence-electron chi connectivity index (χ4n) is 3.80. The molecule has 31 heavy (non-hydrogen) atoms. The highest BCUT2D eigenvalue weighted by Gasteiger charge is 2.26. The Bertz CT molecular complexity index is 820. The topological polar surface area (TPSA) is 73.1 Å². The number of likely N-dealkylation sites (tertiary alicyclic amines) is 1. The summed E-state index contributed by atoms with van der Waals surface area (Å²) in [5, 5.41) is 6.92. The van der Waals surface area contributed by atoms with Crippen LogP contribution in [-0.4, -0.2) is 67.5 Å². The highest BCUT2D eigenvalue weighted by Crippen LogP contribution is 2.20. The van der Waals surface area contributed by atoms with Crippen LogP contribution in [0.5, 0.6) is 0 Å². The zero-order valence-corrected chi connectivity index (χ0v) is 18.9. The van der Waals surface area contributed by atoms with Gasteiger partial charge in [-0.3, -0.25) is 9.69 Å². The Balaban J connectivity index is 1.54. The number of hydrogen-bond acceptors (Lipinski definition) is 4. The molecule has 3 rings (SSSR count). The molecule has 1 aromatic carbocycles. The van der Waals surface area contributed by atoms with E-state index in [4.69, 9.17) is 4.42 Å². The van der Waals surface area contributed by atoms with Crippen LogP contribution in [0.25, 0.3) is 0 Å². The number of nitrogens with zero attached hydrogens (tertiary/aromatic N) is 3. The van der Waals surface area contributed by atoms with Crippen molar-refractivity contribution in [2.24, 2.45) is 4.99 Å². The normalized spacial score (nSPS) is 19.8. The van der Waals surface area contributed by atoms with Crippen molar-refractivity contribution < 1.29 is 9.21 Å². The van der Waals surface area contributed by atoms with E-state index in [2.05, 4.69) is 57.8 Å². The number of hydrogen-bond donors (Lipinski definition) is 2. The molecule has 168 valence electrons. The van der Waals surface area contributed by atoms with Gasteiger partial charge in [-0.2, -0.15) is 0 Å². The average Bonchev–Trinajstić information content (AvgIpc) is 3.27. The molecular weight excluding hydrogens is 390 g/mol. The SMILES string of the molecule is CC1CC(NC(=NCC(=O)N(C)C)NCCc2ccco2)CCN1Cc1ccccc1. The Labute approximate surface area is 185 Å². The minimum absolute atomic E-state index is 0.0156. The predicted molar refractivity (Wildman–Crippen MR) is 124 cm³/mol. The zero-order valence-electron chi connectivity index (χ0n) is 18.9. The van der Waals surface area contributed by atoms with Gasteiger partial charge in [-0.05, 0) is 37.5 Å². The average molecular weight is 426 g/mol.